The quantitative estimate of drug-likeness (QED) is 0.150. The number of benzene rings is 3. The topological polar surface area (TPSA) is 92.3 Å². The van der Waals surface area contributed by atoms with Crippen LogP contribution in [0.1, 0.15) is 69.7 Å². The Hall–Kier alpha value is -4.91. The van der Waals surface area contributed by atoms with Crippen molar-refractivity contribution >= 4 is 39.7 Å². The summed E-state index contributed by atoms with van der Waals surface area (Å²) in [5.41, 5.74) is 8.76. The van der Waals surface area contributed by atoms with Gasteiger partial charge in [-0.1, -0.05) is 112 Å². The summed E-state index contributed by atoms with van der Waals surface area (Å²) in [5.74, 6) is -1.37. The first-order valence-electron chi connectivity index (χ1n) is 16.9. The summed E-state index contributed by atoms with van der Waals surface area (Å²) in [4.78, 5) is 47.2. The molecule has 7 heteroatoms. The number of rotatable bonds is 6. The Balaban J connectivity index is 0.000000178. The molecule has 47 heavy (non-hydrogen) atoms. The highest BCUT2D eigenvalue weighted by molar-refractivity contribution is 6.16. The molecule has 7 nitrogen and oxygen atoms in total. The summed E-state index contributed by atoms with van der Waals surface area (Å²) in [6, 6.07) is 29.2. The van der Waals surface area contributed by atoms with Crippen molar-refractivity contribution in [2.75, 3.05) is 0 Å². The number of fused-ring (bicyclic) bond motifs is 3. The number of barbiturate groups is 1. The number of urea groups is 1. The predicted molar refractivity (Wildman–Crippen MR) is 188 cm³/mol. The highest BCUT2D eigenvalue weighted by atomic mass is 16.2. The van der Waals surface area contributed by atoms with E-state index >= 15 is 0 Å². The van der Waals surface area contributed by atoms with Crippen LogP contribution in [0.5, 0.6) is 0 Å². The molecule has 240 valence electrons. The number of imide groups is 2. The lowest BCUT2D eigenvalue weighted by atomic mass is 9.91. The number of carbonyl (C=O) groups is 3. The molecule has 1 saturated heterocycles. The van der Waals surface area contributed by atoms with Crippen LogP contribution in [0.3, 0.4) is 0 Å². The third-order valence-corrected chi connectivity index (χ3v) is 9.27. The summed E-state index contributed by atoms with van der Waals surface area (Å²) < 4.78 is 0. The first-order chi connectivity index (χ1) is 22.9. The van der Waals surface area contributed by atoms with Crippen LogP contribution in [0, 0.1) is 19.8 Å². The summed E-state index contributed by atoms with van der Waals surface area (Å²) in [6.45, 7) is 6.13. The zero-order valence-corrected chi connectivity index (χ0v) is 27.5. The van der Waals surface area contributed by atoms with Crippen molar-refractivity contribution in [3.8, 4) is 22.3 Å². The number of hydrogen-bond acceptors (Lipinski definition) is 5. The van der Waals surface area contributed by atoms with Crippen LogP contribution in [-0.4, -0.2) is 38.8 Å². The zero-order chi connectivity index (χ0) is 32.9. The highest BCUT2D eigenvalue weighted by Crippen LogP contribution is 2.36. The number of carbonyl (C=O) groups excluding carboxylic acids is 3. The van der Waals surface area contributed by atoms with E-state index < -0.39 is 17.9 Å². The van der Waals surface area contributed by atoms with E-state index in [2.05, 4.69) is 92.0 Å². The van der Waals surface area contributed by atoms with Gasteiger partial charge in [0.05, 0.1) is 11.0 Å². The van der Waals surface area contributed by atoms with Crippen molar-refractivity contribution in [1.29, 1.82) is 0 Å². The Morgan fingerprint density at radius 2 is 1.23 bits per heavy atom. The van der Waals surface area contributed by atoms with Crippen LogP contribution in [0.2, 0.25) is 0 Å². The predicted octanol–water partition coefficient (Wildman–Crippen LogP) is 8.94. The van der Waals surface area contributed by atoms with Gasteiger partial charge in [0.2, 0.25) is 11.8 Å². The fourth-order valence-corrected chi connectivity index (χ4v) is 6.92. The molecule has 5 aromatic rings. The van der Waals surface area contributed by atoms with E-state index in [4.69, 9.17) is 9.97 Å². The van der Waals surface area contributed by atoms with Crippen molar-refractivity contribution in [2.45, 2.75) is 78.2 Å². The van der Waals surface area contributed by atoms with Crippen LogP contribution in [-0.2, 0) is 9.59 Å². The Kier molecular flexibility index (Phi) is 9.71. The minimum atomic E-state index is -0.667. The number of aryl methyl sites for hydroxylation is 2. The van der Waals surface area contributed by atoms with E-state index in [1.807, 2.05) is 19.1 Å². The number of hydrogen-bond donors (Lipinski definition) is 1. The Bertz CT molecular complexity index is 1810. The molecule has 1 saturated carbocycles. The summed E-state index contributed by atoms with van der Waals surface area (Å²) in [5, 5.41) is 4.62. The average molecular weight is 627 g/mol. The van der Waals surface area contributed by atoms with Gasteiger partial charge in [-0.15, -0.1) is 0 Å². The minimum Gasteiger partial charge on any atom is -0.277 e. The molecular formula is C40H42N4O3. The van der Waals surface area contributed by atoms with Gasteiger partial charge in [0.25, 0.3) is 0 Å². The standard InChI is InChI=1S/C26H20N2.C14H22N2O3/c1-17-15-23(19-9-5-3-6-10-19)21-13-14-22-24(20-11-7-4-8-12-20)16-18(2)28-26(22)25(21)27-17;1-2-3-9-11-12(17)15-14(19)16(13(11)18)10-7-5-4-6-8-10/h3-16H,1-2H3;10-11H,2-9H2,1H3,(H,15,17,19). The molecule has 2 fully saturated rings. The Morgan fingerprint density at radius 1 is 0.723 bits per heavy atom. The normalized spacial score (nSPS) is 17.0. The van der Waals surface area contributed by atoms with Gasteiger partial charge in [0.1, 0.15) is 5.92 Å². The van der Waals surface area contributed by atoms with Crippen molar-refractivity contribution in [1.82, 2.24) is 20.2 Å². The van der Waals surface area contributed by atoms with Crippen molar-refractivity contribution in [3.05, 3.63) is 96.3 Å². The molecule has 1 unspecified atom stereocenters. The number of nitrogens with one attached hydrogen (secondary N) is 1. The third-order valence-electron chi connectivity index (χ3n) is 9.27. The lowest BCUT2D eigenvalue weighted by molar-refractivity contribution is -0.144. The lowest BCUT2D eigenvalue weighted by Gasteiger charge is -2.37. The molecule has 1 aliphatic heterocycles. The zero-order valence-electron chi connectivity index (χ0n) is 27.5. The van der Waals surface area contributed by atoms with Crippen molar-refractivity contribution in [2.24, 2.45) is 5.92 Å². The van der Waals surface area contributed by atoms with E-state index in [9.17, 15) is 14.4 Å². The van der Waals surface area contributed by atoms with Gasteiger partial charge in [-0.2, -0.15) is 0 Å². The SMILES string of the molecule is CCCCC1C(=O)NC(=O)N(C2CCCCC2)C1=O.Cc1cc(-c2ccccc2)c2ccc3c(-c4ccccc4)cc(C)nc3c2n1. The molecule has 2 aromatic heterocycles. The van der Waals surface area contributed by atoms with Gasteiger partial charge in [-0.3, -0.25) is 29.8 Å². The number of nitrogens with zero attached hydrogens (tertiary/aromatic N) is 3. The molecular weight excluding hydrogens is 584 g/mol. The molecule has 2 aliphatic rings. The number of aromatic nitrogens is 2. The molecule has 3 heterocycles. The van der Waals surface area contributed by atoms with Gasteiger partial charge in [0.15, 0.2) is 0 Å². The van der Waals surface area contributed by atoms with E-state index in [-0.39, 0.29) is 11.9 Å². The third kappa shape index (κ3) is 6.80. The van der Waals surface area contributed by atoms with Crippen LogP contribution in [0.25, 0.3) is 44.1 Å². The van der Waals surface area contributed by atoms with E-state index in [0.717, 1.165) is 71.7 Å². The largest absolute Gasteiger partial charge is 0.331 e. The van der Waals surface area contributed by atoms with E-state index in [1.54, 1.807) is 0 Å². The van der Waals surface area contributed by atoms with Crippen LogP contribution < -0.4 is 5.32 Å². The second-order valence-corrected chi connectivity index (χ2v) is 12.7. The van der Waals surface area contributed by atoms with Crippen molar-refractivity contribution < 1.29 is 14.4 Å². The maximum Gasteiger partial charge on any atom is 0.331 e. The Morgan fingerprint density at radius 3 is 1.72 bits per heavy atom. The van der Waals surface area contributed by atoms with Gasteiger partial charge < -0.3 is 0 Å². The van der Waals surface area contributed by atoms with Crippen LogP contribution in [0.15, 0.2) is 84.9 Å². The second-order valence-electron chi connectivity index (χ2n) is 12.7. The first-order valence-corrected chi connectivity index (χ1v) is 16.9. The fourth-order valence-electron chi connectivity index (χ4n) is 6.92. The van der Waals surface area contributed by atoms with Crippen LogP contribution in [0.4, 0.5) is 4.79 Å². The van der Waals surface area contributed by atoms with E-state index in [1.165, 1.54) is 33.6 Å². The second kappa shape index (κ2) is 14.2. The minimum absolute atomic E-state index is 0.0153. The Labute approximate surface area is 276 Å². The molecule has 0 bridgehead atoms. The van der Waals surface area contributed by atoms with E-state index in [0.29, 0.717) is 6.42 Å². The molecule has 1 atom stereocenters. The fraction of sp³-hybridized carbons (Fsp3) is 0.325. The molecule has 1 N–H and O–H groups in total. The number of pyridine rings is 2. The lowest BCUT2D eigenvalue weighted by Crippen LogP contribution is -2.61. The molecule has 4 amide bonds. The number of amides is 4. The maximum atomic E-state index is 12.4. The first kappa shape index (κ1) is 32.0. The monoisotopic (exact) mass is 626 g/mol. The molecule has 1 aliphatic carbocycles. The molecule has 0 spiro atoms. The van der Waals surface area contributed by atoms with Gasteiger partial charge >= 0.3 is 6.03 Å². The maximum absolute atomic E-state index is 12.4. The summed E-state index contributed by atoms with van der Waals surface area (Å²) >= 11 is 0. The highest BCUT2D eigenvalue weighted by Gasteiger charge is 2.43. The van der Waals surface area contributed by atoms with Gasteiger partial charge in [0, 0.05) is 28.2 Å². The molecule has 7 rings (SSSR count). The smallest absolute Gasteiger partial charge is 0.277 e. The van der Waals surface area contributed by atoms with Crippen molar-refractivity contribution in [3.63, 3.8) is 0 Å². The summed E-state index contributed by atoms with van der Waals surface area (Å²) in [7, 11) is 0. The van der Waals surface area contributed by atoms with Crippen LogP contribution >= 0.6 is 0 Å². The molecule has 0 radical (unpaired) electrons. The molecule has 3 aromatic carbocycles. The van der Waals surface area contributed by atoms with Gasteiger partial charge in [-0.05, 0) is 67.5 Å². The summed E-state index contributed by atoms with van der Waals surface area (Å²) in [6.07, 6.45) is 7.31. The average Bonchev–Trinajstić information content (AvgIpc) is 3.09. The number of unbranched alkanes of at least 4 members (excludes halogenated alkanes) is 1. The van der Waals surface area contributed by atoms with Gasteiger partial charge in [-0.25, -0.2) is 4.79 Å².